The monoisotopic (exact) mass is 557 g/mol. The zero-order valence-electron chi connectivity index (χ0n) is 22.4. The van der Waals surface area contributed by atoms with Gasteiger partial charge in [-0.3, -0.25) is 9.36 Å². The third-order valence-corrected chi connectivity index (χ3v) is 9.08. The molecule has 0 spiro atoms. The van der Waals surface area contributed by atoms with Crippen LogP contribution in [0.3, 0.4) is 0 Å². The molecule has 0 saturated carbocycles. The van der Waals surface area contributed by atoms with Gasteiger partial charge in [-0.2, -0.15) is 0 Å². The van der Waals surface area contributed by atoms with Crippen LogP contribution in [-0.4, -0.2) is 55.1 Å². The zero-order chi connectivity index (χ0) is 27.5. The minimum Gasteiger partial charge on any atom is -0.494 e. The fourth-order valence-corrected chi connectivity index (χ4v) is 7.06. The highest BCUT2D eigenvalue weighted by Gasteiger charge is 2.32. The van der Waals surface area contributed by atoms with Gasteiger partial charge in [0.15, 0.2) is 11.6 Å². The Labute approximate surface area is 231 Å². The summed E-state index contributed by atoms with van der Waals surface area (Å²) in [4.78, 5) is 16.5. The van der Waals surface area contributed by atoms with Crippen molar-refractivity contribution in [2.45, 2.75) is 43.7 Å². The Hall–Kier alpha value is -2.75. The van der Waals surface area contributed by atoms with Gasteiger partial charge in [0.05, 0.1) is 23.7 Å². The molecule has 2 aromatic carbocycles. The lowest BCUT2D eigenvalue weighted by Gasteiger charge is -2.26. The number of halogens is 3. The van der Waals surface area contributed by atoms with Crippen molar-refractivity contribution in [1.82, 2.24) is 14.8 Å². The summed E-state index contributed by atoms with van der Waals surface area (Å²) >= 11 is 1.51. The molecule has 0 bridgehead atoms. The molecule has 2 aliphatic heterocycles. The molecule has 3 heterocycles. The van der Waals surface area contributed by atoms with Crippen molar-refractivity contribution in [1.29, 1.82) is 0 Å². The van der Waals surface area contributed by atoms with E-state index in [-0.39, 0.29) is 40.5 Å². The van der Waals surface area contributed by atoms with Gasteiger partial charge in [0.2, 0.25) is 0 Å². The van der Waals surface area contributed by atoms with E-state index in [0.29, 0.717) is 28.5 Å². The van der Waals surface area contributed by atoms with Crippen molar-refractivity contribution >= 4 is 11.8 Å². The average molecular weight is 558 g/mol. The summed E-state index contributed by atoms with van der Waals surface area (Å²) in [5, 5.41) is 4.19. The van der Waals surface area contributed by atoms with Crippen molar-refractivity contribution in [3.05, 3.63) is 80.9 Å². The van der Waals surface area contributed by atoms with E-state index in [4.69, 9.17) is 4.74 Å². The van der Waals surface area contributed by atoms with Gasteiger partial charge < -0.3 is 15.0 Å². The van der Waals surface area contributed by atoms with Gasteiger partial charge in [-0.1, -0.05) is 24.6 Å². The number of thioether (sulfide) groups is 1. The highest BCUT2D eigenvalue weighted by Crippen LogP contribution is 2.40. The molecule has 1 aromatic heterocycles. The topological polar surface area (TPSA) is 46.5 Å². The Morgan fingerprint density at radius 3 is 2.46 bits per heavy atom. The molecule has 39 heavy (non-hydrogen) atoms. The molecule has 0 aliphatic carbocycles. The minimum atomic E-state index is -0.646. The SMILES string of the molecule is COc1cccc(-c2c(C)c(Cc3c(F)cccc3F)c3n(c2=O)C(CNCCN2CCCCC2)CS3)c1F. The second kappa shape index (κ2) is 12.2. The number of ether oxygens (including phenoxy) is 1. The van der Waals surface area contributed by atoms with Crippen LogP contribution in [0.5, 0.6) is 5.75 Å². The molecular weight excluding hydrogens is 523 g/mol. The predicted octanol–water partition coefficient (Wildman–Crippen LogP) is 5.56. The van der Waals surface area contributed by atoms with Crippen LogP contribution < -0.4 is 15.6 Å². The molecule has 1 fully saturated rings. The van der Waals surface area contributed by atoms with Crippen LogP contribution in [0.25, 0.3) is 11.1 Å². The molecule has 1 atom stereocenters. The van der Waals surface area contributed by atoms with E-state index in [1.54, 1.807) is 23.6 Å². The summed E-state index contributed by atoms with van der Waals surface area (Å²) < 4.78 is 51.8. The molecule has 1 saturated heterocycles. The molecule has 5 nitrogen and oxygen atoms in total. The number of methoxy groups -OCH3 is 1. The lowest BCUT2D eigenvalue weighted by Crippen LogP contribution is -2.38. The first-order chi connectivity index (χ1) is 18.9. The summed E-state index contributed by atoms with van der Waals surface area (Å²) in [6.45, 7) is 6.30. The van der Waals surface area contributed by atoms with Crippen LogP contribution in [0.1, 0.15) is 42.0 Å². The Kier molecular flexibility index (Phi) is 8.69. The molecule has 9 heteroatoms. The smallest absolute Gasteiger partial charge is 0.260 e. The molecule has 2 aliphatic rings. The third kappa shape index (κ3) is 5.62. The van der Waals surface area contributed by atoms with Gasteiger partial charge in [-0.15, -0.1) is 11.8 Å². The lowest BCUT2D eigenvalue weighted by atomic mass is 9.94. The number of nitrogens with zero attached hydrogens (tertiary/aromatic N) is 2. The zero-order valence-corrected chi connectivity index (χ0v) is 23.2. The van der Waals surface area contributed by atoms with Crippen molar-refractivity contribution in [3.63, 3.8) is 0 Å². The number of fused-ring (bicyclic) bond motifs is 1. The van der Waals surface area contributed by atoms with E-state index in [1.165, 1.54) is 62.4 Å². The van der Waals surface area contributed by atoms with Gasteiger partial charge in [-0.25, -0.2) is 13.2 Å². The number of hydrogen-bond donors (Lipinski definition) is 1. The van der Waals surface area contributed by atoms with Gasteiger partial charge in [0.25, 0.3) is 5.56 Å². The highest BCUT2D eigenvalue weighted by atomic mass is 32.2. The van der Waals surface area contributed by atoms with Gasteiger partial charge in [-0.05, 0) is 62.2 Å². The molecule has 0 amide bonds. The van der Waals surface area contributed by atoms with Crippen LogP contribution in [0.15, 0.2) is 46.2 Å². The number of rotatable bonds is 9. The van der Waals surface area contributed by atoms with Crippen LogP contribution in [0.2, 0.25) is 0 Å². The standard InChI is InChI=1S/C30H34F3N3O2S/c1-19-22(16-23-24(31)9-7-10-25(23)32)30-36(29(37)27(19)21-8-6-11-26(38-2)28(21)33)20(18-39-30)17-34-12-15-35-13-4-3-5-14-35/h6-11,20,34H,3-5,12-18H2,1-2H3. The Balaban J connectivity index is 1.53. The number of likely N-dealkylation sites (tertiary alicyclic amines) is 1. The fraction of sp³-hybridized carbons (Fsp3) is 0.433. The second-order valence-corrected chi connectivity index (χ2v) is 11.2. The number of hydrogen-bond acceptors (Lipinski definition) is 5. The third-order valence-electron chi connectivity index (χ3n) is 7.82. The largest absolute Gasteiger partial charge is 0.494 e. The van der Waals surface area contributed by atoms with Crippen LogP contribution in [-0.2, 0) is 6.42 Å². The van der Waals surface area contributed by atoms with E-state index in [9.17, 15) is 13.6 Å². The average Bonchev–Trinajstić information content (AvgIpc) is 3.36. The van der Waals surface area contributed by atoms with Crippen LogP contribution in [0.4, 0.5) is 13.2 Å². The first kappa shape index (κ1) is 27.8. The molecule has 5 rings (SSSR count). The number of benzene rings is 2. The van der Waals surface area contributed by atoms with Crippen LogP contribution in [0, 0.1) is 24.4 Å². The van der Waals surface area contributed by atoms with E-state index < -0.39 is 17.5 Å². The Morgan fingerprint density at radius 2 is 1.74 bits per heavy atom. The summed E-state index contributed by atoms with van der Waals surface area (Å²) in [6.07, 6.45) is 3.71. The quantitative estimate of drug-likeness (QED) is 0.349. The molecule has 0 radical (unpaired) electrons. The maximum atomic E-state index is 15.5. The Morgan fingerprint density at radius 1 is 1.03 bits per heavy atom. The number of pyridine rings is 1. The van der Waals surface area contributed by atoms with Crippen molar-refractivity contribution in [2.75, 3.05) is 45.6 Å². The first-order valence-corrected chi connectivity index (χ1v) is 14.5. The van der Waals surface area contributed by atoms with Crippen molar-refractivity contribution < 1.29 is 17.9 Å². The molecule has 208 valence electrons. The maximum Gasteiger partial charge on any atom is 0.260 e. The summed E-state index contributed by atoms with van der Waals surface area (Å²) in [5.74, 6) is -1.25. The van der Waals surface area contributed by atoms with E-state index in [2.05, 4.69) is 10.2 Å². The minimum absolute atomic E-state index is 0.0313. The second-order valence-electron chi connectivity index (χ2n) is 10.2. The van der Waals surface area contributed by atoms with Gasteiger partial charge >= 0.3 is 0 Å². The molecule has 1 unspecified atom stereocenters. The van der Waals surface area contributed by atoms with Crippen molar-refractivity contribution in [2.24, 2.45) is 0 Å². The molecular formula is C30H34F3N3O2S. The van der Waals surface area contributed by atoms with Gasteiger partial charge in [0, 0.05) is 42.9 Å². The van der Waals surface area contributed by atoms with Crippen LogP contribution >= 0.6 is 11.8 Å². The predicted molar refractivity (Wildman–Crippen MR) is 149 cm³/mol. The van der Waals surface area contributed by atoms with E-state index in [0.717, 1.165) is 26.2 Å². The Bertz CT molecular complexity index is 1380. The van der Waals surface area contributed by atoms with Crippen molar-refractivity contribution in [3.8, 4) is 16.9 Å². The summed E-state index contributed by atoms with van der Waals surface area (Å²) in [7, 11) is 1.37. The number of piperidine rings is 1. The number of nitrogens with one attached hydrogen (secondary N) is 1. The molecule has 1 N–H and O–H groups in total. The van der Waals surface area contributed by atoms with Gasteiger partial charge in [0.1, 0.15) is 11.6 Å². The van der Waals surface area contributed by atoms with E-state index in [1.807, 2.05) is 0 Å². The fourth-order valence-electron chi connectivity index (χ4n) is 5.67. The normalized spacial score (nSPS) is 17.4. The first-order valence-electron chi connectivity index (χ1n) is 13.5. The molecule has 3 aromatic rings. The number of aromatic nitrogens is 1. The van der Waals surface area contributed by atoms with E-state index >= 15 is 4.39 Å². The lowest BCUT2D eigenvalue weighted by molar-refractivity contribution is 0.228. The maximum absolute atomic E-state index is 15.5. The highest BCUT2D eigenvalue weighted by molar-refractivity contribution is 7.99. The summed E-state index contributed by atoms with van der Waals surface area (Å²) in [6, 6.07) is 8.31. The summed E-state index contributed by atoms with van der Waals surface area (Å²) in [5.41, 5.74) is 1.10.